The second-order valence-electron chi connectivity index (χ2n) is 6.11. The second-order valence-corrected chi connectivity index (χ2v) is 6.11. The molecular formula is C16H22N6O. The highest BCUT2D eigenvalue weighted by Gasteiger charge is 2.23. The zero-order valence-corrected chi connectivity index (χ0v) is 13.8. The van der Waals surface area contributed by atoms with E-state index >= 15 is 0 Å². The van der Waals surface area contributed by atoms with Gasteiger partial charge < -0.3 is 10.2 Å². The number of nitrogens with one attached hydrogen (secondary N) is 2. The third-order valence-corrected chi connectivity index (χ3v) is 3.90. The molecule has 3 rings (SSSR count). The number of hydrogen-bond donors (Lipinski definition) is 2. The first-order valence-corrected chi connectivity index (χ1v) is 7.96. The zero-order valence-electron chi connectivity index (χ0n) is 13.8. The van der Waals surface area contributed by atoms with Crippen LogP contribution in [0.2, 0.25) is 0 Å². The summed E-state index contributed by atoms with van der Waals surface area (Å²) in [5.74, 6) is 1.65. The average molecular weight is 314 g/mol. The van der Waals surface area contributed by atoms with Crippen molar-refractivity contribution in [2.75, 3.05) is 18.4 Å². The lowest BCUT2D eigenvalue weighted by Gasteiger charge is -2.19. The van der Waals surface area contributed by atoms with Gasteiger partial charge in [0.1, 0.15) is 17.3 Å². The maximum Gasteiger partial charge on any atom is 0.271 e. The summed E-state index contributed by atoms with van der Waals surface area (Å²) in [6.45, 7) is 7.40. The Morgan fingerprint density at radius 3 is 2.78 bits per heavy atom. The van der Waals surface area contributed by atoms with Crippen molar-refractivity contribution < 1.29 is 4.79 Å². The van der Waals surface area contributed by atoms with Crippen molar-refractivity contribution >= 4 is 11.7 Å². The van der Waals surface area contributed by atoms with Crippen molar-refractivity contribution in [3.8, 4) is 0 Å². The molecule has 0 atom stereocenters. The van der Waals surface area contributed by atoms with Gasteiger partial charge in [-0.3, -0.25) is 9.89 Å². The number of H-pyrrole nitrogens is 1. The molecule has 0 unspecified atom stereocenters. The van der Waals surface area contributed by atoms with Gasteiger partial charge in [0, 0.05) is 37.3 Å². The smallest absolute Gasteiger partial charge is 0.271 e. The largest absolute Gasteiger partial charge is 0.368 e. The minimum Gasteiger partial charge on any atom is -0.368 e. The Hall–Kier alpha value is -2.44. The number of fused-ring (bicyclic) bond motifs is 1. The lowest BCUT2D eigenvalue weighted by molar-refractivity contribution is 0.0757. The average Bonchev–Trinajstić information content (AvgIpc) is 2.93. The molecule has 0 fully saturated rings. The zero-order chi connectivity index (χ0) is 16.4. The van der Waals surface area contributed by atoms with Crippen LogP contribution in [-0.4, -0.2) is 50.1 Å². The molecule has 0 spiro atoms. The maximum atomic E-state index is 12.5. The van der Waals surface area contributed by atoms with Crippen LogP contribution in [-0.2, 0) is 12.8 Å². The van der Waals surface area contributed by atoms with Crippen molar-refractivity contribution in [2.45, 2.75) is 39.7 Å². The molecule has 2 N–H and O–H groups in total. The van der Waals surface area contributed by atoms with Crippen LogP contribution in [0.3, 0.4) is 0 Å². The predicted molar refractivity (Wildman–Crippen MR) is 87.4 cm³/mol. The molecule has 0 radical (unpaired) electrons. The monoisotopic (exact) mass is 314 g/mol. The molecule has 0 saturated carbocycles. The summed E-state index contributed by atoms with van der Waals surface area (Å²) in [4.78, 5) is 23.5. The van der Waals surface area contributed by atoms with Crippen molar-refractivity contribution in [3.63, 3.8) is 0 Å². The number of hydrogen-bond acceptors (Lipinski definition) is 5. The molecular weight excluding hydrogens is 292 g/mol. The molecule has 1 amide bonds. The van der Waals surface area contributed by atoms with Crippen LogP contribution in [0.15, 0.2) is 12.3 Å². The van der Waals surface area contributed by atoms with E-state index in [0.29, 0.717) is 24.8 Å². The first-order valence-electron chi connectivity index (χ1n) is 7.96. The topological polar surface area (TPSA) is 86.8 Å². The van der Waals surface area contributed by atoms with Gasteiger partial charge in [0.05, 0.1) is 5.69 Å². The van der Waals surface area contributed by atoms with E-state index in [1.165, 1.54) is 0 Å². The van der Waals surface area contributed by atoms with E-state index < -0.39 is 0 Å². The van der Waals surface area contributed by atoms with Crippen molar-refractivity contribution in [3.05, 3.63) is 35.0 Å². The van der Waals surface area contributed by atoms with Gasteiger partial charge in [0.25, 0.3) is 5.91 Å². The number of anilines is 1. The normalized spacial score (nSPS) is 14.5. The summed E-state index contributed by atoms with van der Waals surface area (Å²) in [7, 11) is 0. The molecule has 1 aliphatic heterocycles. The molecule has 0 aromatic carbocycles. The quantitative estimate of drug-likeness (QED) is 0.898. The summed E-state index contributed by atoms with van der Waals surface area (Å²) in [5.41, 5.74) is 2.70. The molecule has 0 bridgehead atoms. The van der Waals surface area contributed by atoms with E-state index in [4.69, 9.17) is 0 Å². The molecule has 1 aliphatic rings. The third-order valence-electron chi connectivity index (χ3n) is 3.90. The summed E-state index contributed by atoms with van der Waals surface area (Å²) >= 11 is 0. The number of amides is 1. The number of aromatic amines is 1. The third kappa shape index (κ3) is 3.33. The lowest BCUT2D eigenvalue weighted by Crippen LogP contribution is -2.33. The van der Waals surface area contributed by atoms with Gasteiger partial charge in [-0.25, -0.2) is 9.97 Å². The van der Waals surface area contributed by atoms with Crippen molar-refractivity contribution in [2.24, 2.45) is 0 Å². The Balaban J connectivity index is 1.83. The molecule has 0 saturated heterocycles. The highest BCUT2D eigenvalue weighted by molar-refractivity contribution is 5.92. The summed E-state index contributed by atoms with van der Waals surface area (Å²) < 4.78 is 0. The molecule has 7 heteroatoms. The number of nitrogens with zero attached hydrogens (tertiary/aromatic N) is 4. The highest BCUT2D eigenvalue weighted by Crippen LogP contribution is 2.22. The van der Waals surface area contributed by atoms with E-state index in [-0.39, 0.29) is 5.91 Å². The minimum absolute atomic E-state index is 0.0154. The van der Waals surface area contributed by atoms with Gasteiger partial charge in [0.15, 0.2) is 0 Å². The fourth-order valence-electron chi connectivity index (χ4n) is 2.86. The Labute approximate surface area is 135 Å². The number of aromatic nitrogens is 4. The van der Waals surface area contributed by atoms with Gasteiger partial charge in [-0.1, -0.05) is 0 Å². The molecule has 0 aliphatic carbocycles. The number of carbonyl (C=O) groups is 1. The standard InChI is InChI=1S/C16H22N6O/c1-10(2)18-15-12-5-8-22(16(23)14-4-7-17-21-14)9-6-13(12)19-11(3)20-15/h4,7,10H,5-6,8-9H2,1-3H3,(H,17,21)(H,18,19,20). The first kappa shape index (κ1) is 15.5. The van der Waals surface area contributed by atoms with Gasteiger partial charge in [-0.2, -0.15) is 5.10 Å². The van der Waals surface area contributed by atoms with Crippen molar-refractivity contribution in [1.82, 2.24) is 25.1 Å². The Morgan fingerprint density at radius 2 is 2.09 bits per heavy atom. The van der Waals surface area contributed by atoms with Gasteiger partial charge in [-0.15, -0.1) is 0 Å². The van der Waals surface area contributed by atoms with Crippen LogP contribution in [0, 0.1) is 6.92 Å². The number of aryl methyl sites for hydroxylation is 1. The SMILES string of the molecule is Cc1nc2c(c(NC(C)C)n1)CCN(C(=O)c1ccn[nH]1)CC2. The second kappa shape index (κ2) is 6.36. The summed E-state index contributed by atoms with van der Waals surface area (Å²) in [6, 6.07) is 2.01. The molecule has 23 heavy (non-hydrogen) atoms. The lowest BCUT2D eigenvalue weighted by atomic mass is 10.1. The van der Waals surface area contributed by atoms with Gasteiger partial charge in [-0.05, 0) is 33.3 Å². The molecule has 2 aromatic rings. The maximum absolute atomic E-state index is 12.5. The van der Waals surface area contributed by atoms with Crippen LogP contribution >= 0.6 is 0 Å². The van der Waals surface area contributed by atoms with E-state index in [1.54, 1.807) is 12.3 Å². The summed E-state index contributed by atoms with van der Waals surface area (Å²) in [6.07, 6.45) is 3.09. The van der Waals surface area contributed by atoms with E-state index in [1.807, 2.05) is 11.8 Å². The van der Waals surface area contributed by atoms with Crippen LogP contribution in [0.5, 0.6) is 0 Å². The van der Waals surface area contributed by atoms with Crippen LogP contribution < -0.4 is 5.32 Å². The van der Waals surface area contributed by atoms with Gasteiger partial charge in [0.2, 0.25) is 0 Å². The van der Waals surface area contributed by atoms with Crippen LogP contribution in [0.25, 0.3) is 0 Å². The van der Waals surface area contributed by atoms with Crippen molar-refractivity contribution in [1.29, 1.82) is 0 Å². The molecule has 122 valence electrons. The van der Waals surface area contributed by atoms with E-state index in [2.05, 4.69) is 39.3 Å². The van der Waals surface area contributed by atoms with Crippen LogP contribution in [0.1, 0.15) is 41.4 Å². The van der Waals surface area contributed by atoms with E-state index in [0.717, 1.165) is 35.7 Å². The number of carbonyl (C=O) groups excluding carboxylic acids is 1. The van der Waals surface area contributed by atoms with Gasteiger partial charge >= 0.3 is 0 Å². The first-order chi connectivity index (χ1) is 11.0. The van der Waals surface area contributed by atoms with Crippen LogP contribution in [0.4, 0.5) is 5.82 Å². The fourth-order valence-corrected chi connectivity index (χ4v) is 2.86. The van der Waals surface area contributed by atoms with E-state index in [9.17, 15) is 4.79 Å². The molecule has 7 nitrogen and oxygen atoms in total. The highest BCUT2D eigenvalue weighted by atomic mass is 16.2. The number of rotatable bonds is 3. The summed E-state index contributed by atoms with van der Waals surface area (Å²) in [5, 5.41) is 10.00. The minimum atomic E-state index is -0.0154. The Bertz CT molecular complexity index is 695. The molecule has 2 aromatic heterocycles. The molecule has 3 heterocycles. The predicted octanol–water partition coefficient (Wildman–Crippen LogP) is 1.57. The fraction of sp³-hybridized carbons (Fsp3) is 0.500. The Kier molecular flexibility index (Phi) is 4.27. The Morgan fingerprint density at radius 1 is 1.30 bits per heavy atom.